The topological polar surface area (TPSA) is 44.8 Å². The van der Waals surface area contributed by atoms with Crippen LogP contribution >= 0.6 is 0 Å². The van der Waals surface area contributed by atoms with Crippen molar-refractivity contribution in [1.82, 2.24) is 5.32 Å². The minimum Gasteiger partial charge on any atom is -0.497 e. The van der Waals surface area contributed by atoms with Crippen LogP contribution < -0.4 is 19.9 Å². The Kier molecular flexibility index (Phi) is 5.27. The largest absolute Gasteiger partial charge is 0.497 e. The second kappa shape index (κ2) is 7.84. The fraction of sp³-hybridized carbons (Fsp3) is 0.435. The maximum atomic E-state index is 11.7. The molecule has 2 aliphatic heterocycles. The number of nitrogens with zero attached hydrogens (tertiary/aromatic N) is 2. The fourth-order valence-electron chi connectivity index (χ4n) is 4.76. The number of nitrogens with one attached hydrogen (secondary N) is 1. The highest BCUT2D eigenvalue weighted by molar-refractivity contribution is 5.82. The number of para-hydroxylation sites is 1. The molecule has 4 rings (SSSR count). The van der Waals surface area contributed by atoms with Gasteiger partial charge in [-0.15, -0.1) is 0 Å². The summed E-state index contributed by atoms with van der Waals surface area (Å²) in [6, 6.07) is 15.1. The predicted molar refractivity (Wildman–Crippen MR) is 114 cm³/mol. The summed E-state index contributed by atoms with van der Waals surface area (Å²) in [6.07, 6.45) is 2.15. The Labute approximate surface area is 167 Å². The van der Waals surface area contributed by atoms with Crippen LogP contribution in [0.3, 0.4) is 0 Å². The molecule has 1 N–H and O–H groups in total. The summed E-state index contributed by atoms with van der Waals surface area (Å²) >= 11 is 0. The third-order valence-electron chi connectivity index (χ3n) is 6.13. The van der Waals surface area contributed by atoms with Gasteiger partial charge in [0.25, 0.3) is 0 Å². The Balaban J connectivity index is 1.69. The first-order chi connectivity index (χ1) is 13.6. The van der Waals surface area contributed by atoms with Gasteiger partial charge in [-0.25, -0.2) is 0 Å². The van der Waals surface area contributed by atoms with E-state index in [1.54, 1.807) is 7.11 Å². The first kappa shape index (κ1) is 18.8. The quantitative estimate of drug-likeness (QED) is 0.781. The number of hydrogen-bond acceptors (Lipinski definition) is 5. The highest BCUT2D eigenvalue weighted by atomic mass is 16.5. The van der Waals surface area contributed by atoms with Gasteiger partial charge in [0, 0.05) is 32.1 Å². The van der Waals surface area contributed by atoms with Gasteiger partial charge in [-0.1, -0.05) is 24.3 Å². The maximum Gasteiger partial charge on any atom is 0.142 e. The molecule has 1 fully saturated rings. The van der Waals surface area contributed by atoms with Crippen molar-refractivity contribution in [3.05, 3.63) is 53.6 Å². The van der Waals surface area contributed by atoms with Crippen LogP contribution in [0.15, 0.2) is 42.5 Å². The lowest BCUT2D eigenvalue weighted by Crippen LogP contribution is -2.48. The molecule has 0 saturated carbocycles. The molecule has 0 amide bonds. The summed E-state index contributed by atoms with van der Waals surface area (Å²) in [7, 11) is 3.81. The Morgan fingerprint density at radius 2 is 2.07 bits per heavy atom. The lowest BCUT2D eigenvalue weighted by Gasteiger charge is -2.37. The molecule has 0 radical (unpaired) electrons. The van der Waals surface area contributed by atoms with Crippen molar-refractivity contribution < 1.29 is 9.53 Å². The number of benzene rings is 2. The van der Waals surface area contributed by atoms with Gasteiger partial charge in [-0.2, -0.15) is 0 Å². The zero-order valence-corrected chi connectivity index (χ0v) is 16.9. The van der Waals surface area contributed by atoms with Crippen LogP contribution in [0, 0.1) is 0 Å². The van der Waals surface area contributed by atoms with Crippen molar-refractivity contribution >= 4 is 17.7 Å². The van der Waals surface area contributed by atoms with Crippen LogP contribution in [0.2, 0.25) is 0 Å². The van der Waals surface area contributed by atoms with Crippen molar-refractivity contribution in [2.24, 2.45) is 0 Å². The lowest BCUT2D eigenvalue weighted by molar-refractivity contribution is -0.108. The molecule has 2 heterocycles. The van der Waals surface area contributed by atoms with Gasteiger partial charge in [0.2, 0.25) is 0 Å². The van der Waals surface area contributed by atoms with E-state index >= 15 is 0 Å². The number of aldehydes is 1. The number of piperidine rings is 1. The molecule has 28 heavy (non-hydrogen) atoms. The predicted octanol–water partition coefficient (Wildman–Crippen LogP) is 3.18. The monoisotopic (exact) mass is 379 g/mol. The molecule has 3 atom stereocenters. The first-order valence-electron chi connectivity index (χ1n) is 10.1. The second-order valence-electron chi connectivity index (χ2n) is 7.87. The lowest BCUT2D eigenvalue weighted by atomic mass is 9.90. The van der Waals surface area contributed by atoms with Gasteiger partial charge in [-0.05, 0) is 49.2 Å². The fourth-order valence-corrected chi connectivity index (χ4v) is 4.76. The van der Waals surface area contributed by atoms with Crippen molar-refractivity contribution in [2.45, 2.75) is 37.9 Å². The average Bonchev–Trinajstić information content (AvgIpc) is 3.08. The standard InChI is InChI=1S/C23H29N3O2/c1-16(15-27)26-21-11-12-24-13-20(21)19-5-4-6-22(23(19)26)25(2)14-17-7-9-18(28-3)10-8-17/h4-10,15-16,20-21,24H,11-14H2,1-3H3. The maximum absolute atomic E-state index is 11.7. The van der Waals surface area contributed by atoms with Gasteiger partial charge in [0.05, 0.1) is 24.5 Å². The number of rotatable bonds is 6. The summed E-state index contributed by atoms with van der Waals surface area (Å²) in [5, 5.41) is 3.53. The van der Waals surface area contributed by atoms with E-state index in [9.17, 15) is 4.79 Å². The third-order valence-corrected chi connectivity index (χ3v) is 6.13. The number of methoxy groups -OCH3 is 1. The third kappa shape index (κ3) is 3.24. The summed E-state index contributed by atoms with van der Waals surface area (Å²) in [4.78, 5) is 16.4. The van der Waals surface area contributed by atoms with Crippen molar-refractivity contribution in [1.29, 1.82) is 0 Å². The van der Waals surface area contributed by atoms with E-state index in [0.717, 1.165) is 38.1 Å². The molecular weight excluding hydrogens is 350 g/mol. The Hall–Kier alpha value is -2.53. The van der Waals surface area contributed by atoms with E-state index in [-0.39, 0.29) is 6.04 Å². The van der Waals surface area contributed by atoms with Crippen LogP contribution in [0.4, 0.5) is 11.4 Å². The molecule has 2 aromatic carbocycles. The smallest absolute Gasteiger partial charge is 0.142 e. The van der Waals surface area contributed by atoms with Crippen molar-refractivity contribution in [2.75, 3.05) is 37.0 Å². The van der Waals surface area contributed by atoms with E-state index in [2.05, 4.69) is 52.5 Å². The summed E-state index contributed by atoms with van der Waals surface area (Å²) in [6.45, 7) is 4.80. The SMILES string of the molecule is COc1ccc(CN(C)c2cccc3c2N(C(C)C=O)C2CCNCC32)cc1. The molecule has 2 aromatic rings. The van der Waals surface area contributed by atoms with Crippen LogP contribution in [0.5, 0.6) is 5.75 Å². The Bertz CT molecular complexity index is 836. The molecule has 0 bridgehead atoms. The number of ether oxygens (including phenoxy) is 1. The zero-order valence-electron chi connectivity index (χ0n) is 16.9. The minimum atomic E-state index is -0.123. The Morgan fingerprint density at radius 1 is 1.29 bits per heavy atom. The van der Waals surface area contributed by atoms with Gasteiger partial charge >= 0.3 is 0 Å². The number of carbonyl (C=O) groups excluding carboxylic acids is 1. The molecular formula is C23H29N3O2. The van der Waals surface area contributed by atoms with E-state index in [0.29, 0.717) is 12.0 Å². The van der Waals surface area contributed by atoms with Crippen LogP contribution in [0.25, 0.3) is 0 Å². The van der Waals surface area contributed by atoms with Gasteiger partial charge in [0.15, 0.2) is 0 Å². The van der Waals surface area contributed by atoms with Crippen molar-refractivity contribution in [3.63, 3.8) is 0 Å². The van der Waals surface area contributed by atoms with Crippen LogP contribution in [0.1, 0.15) is 30.4 Å². The molecule has 3 unspecified atom stereocenters. The number of carbonyl (C=O) groups is 1. The molecule has 5 heteroatoms. The number of anilines is 2. The highest BCUT2D eigenvalue weighted by Gasteiger charge is 2.43. The van der Waals surface area contributed by atoms with E-state index in [1.807, 2.05) is 19.1 Å². The molecule has 1 saturated heterocycles. The Morgan fingerprint density at radius 3 is 2.79 bits per heavy atom. The van der Waals surface area contributed by atoms with Gasteiger partial charge < -0.3 is 24.6 Å². The average molecular weight is 380 g/mol. The molecule has 5 nitrogen and oxygen atoms in total. The normalized spacial score (nSPS) is 21.6. The molecule has 0 aromatic heterocycles. The summed E-state index contributed by atoms with van der Waals surface area (Å²) < 4.78 is 5.27. The second-order valence-corrected chi connectivity index (χ2v) is 7.87. The molecule has 2 aliphatic rings. The summed E-state index contributed by atoms with van der Waals surface area (Å²) in [5.74, 6) is 1.31. The molecule has 0 spiro atoms. The zero-order chi connectivity index (χ0) is 19.7. The van der Waals surface area contributed by atoms with E-state index in [1.165, 1.54) is 22.5 Å². The van der Waals surface area contributed by atoms with Crippen molar-refractivity contribution in [3.8, 4) is 5.75 Å². The van der Waals surface area contributed by atoms with Crippen LogP contribution in [-0.2, 0) is 11.3 Å². The highest BCUT2D eigenvalue weighted by Crippen LogP contribution is 2.48. The van der Waals surface area contributed by atoms with Gasteiger partial charge in [0.1, 0.15) is 12.0 Å². The van der Waals surface area contributed by atoms with E-state index in [4.69, 9.17) is 4.74 Å². The number of hydrogen-bond donors (Lipinski definition) is 1. The van der Waals surface area contributed by atoms with Crippen LogP contribution in [-0.4, -0.2) is 45.6 Å². The molecule has 148 valence electrons. The summed E-state index contributed by atoms with van der Waals surface area (Å²) in [5.41, 5.74) is 5.02. The van der Waals surface area contributed by atoms with E-state index < -0.39 is 0 Å². The minimum absolute atomic E-state index is 0.123. The molecule has 0 aliphatic carbocycles. The first-order valence-corrected chi connectivity index (χ1v) is 10.1. The number of fused-ring (bicyclic) bond motifs is 3. The van der Waals surface area contributed by atoms with Gasteiger partial charge in [-0.3, -0.25) is 0 Å².